The number of carbonyl (C=O) groups is 2. The molecule has 1 aliphatic rings. The van der Waals surface area contributed by atoms with Gasteiger partial charge in [0.25, 0.3) is 0 Å². The van der Waals surface area contributed by atoms with Crippen molar-refractivity contribution in [1.29, 1.82) is 0 Å². The molecule has 210 valence electrons. The summed E-state index contributed by atoms with van der Waals surface area (Å²) in [7, 11) is 0. The minimum Gasteiger partial charge on any atom is -0.481 e. The number of carboxylic acid groups (broad SMARTS) is 1. The number of carboxylic acids is 1. The van der Waals surface area contributed by atoms with Crippen molar-refractivity contribution in [2.24, 2.45) is 5.41 Å². The number of benzene rings is 1. The van der Waals surface area contributed by atoms with Gasteiger partial charge in [-0.3, -0.25) is 10.1 Å². The molecule has 4 aromatic heterocycles. The normalized spacial score (nSPS) is 14.8. The molecule has 0 radical (unpaired) electrons. The van der Waals surface area contributed by atoms with Gasteiger partial charge in [-0.05, 0) is 49.9 Å². The summed E-state index contributed by atoms with van der Waals surface area (Å²) in [5.74, 6) is -0.147. The molecular formula is C28H29N9O3S. The van der Waals surface area contributed by atoms with Gasteiger partial charge in [-0.25, -0.2) is 29.7 Å². The van der Waals surface area contributed by atoms with E-state index in [-0.39, 0.29) is 6.03 Å². The quantitative estimate of drug-likeness (QED) is 0.212. The van der Waals surface area contributed by atoms with Gasteiger partial charge in [0.05, 0.1) is 21.3 Å². The third-order valence-corrected chi connectivity index (χ3v) is 8.78. The first kappa shape index (κ1) is 26.6. The van der Waals surface area contributed by atoms with Gasteiger partial charge in [0.2, 0.25) is 5.95 Å². The number of amides is 2. The van der Waals surface area contributed by atoms with Crippen molar-refractivity contribution in [1.82, 2.24) is 35.2 Å². The van der Waals surface area contributed by atoms with Crippen LogP contribution in [-0.2, 0) is 4.79 Å². The highest BCUT2D eigenvalue weighted by atomic mass is 32.1. The van der Waals surface area contributed by atoms with Crippen LogP contribution in [0.1, 0.15) is 33.1 Å². The summed E-state index contributed by atoms with van der Waals surface area (Å²) in [6.07, 6.45) is 8.64. The lowest BCUT2D eigenvalue weighted by Gasteiger charge is -2.38. The predicted molar refractivity (Wildman–Crippen MR) is 158 cm³/mol. The van der Waals surface area contributed by atoms with Crippen LogP contribution in [0.2, 0.25) is 0 Å². The summed E-state index contributed by atoms with van der Waals surface area (Å²) in [4.78, 5) is 52.1. The molecule has 1 saturated heterocycles. The zero-order valence-electron chi connectivity index (χ0n) is 22.6. The smallest absolute Gasteiger partial charge is 0.321 e. The molecule has 0 bridgehead atoms. The number of rotatable bonds is 7. The van der Waals surface area contributed by atoms with E-state index in [1.54, 1.807) is 12.4 Å². The van der Waals surface area contributed by atoms with Crippen molar-refractivity contribution in [2.75, 3.05) is 29.9 Å². The molecule has 0 saturated carbocycles. The fraction of sp³-hybridized carbons (Fsp3) is 0.321. The van der Waals surface area contributed by atoms with Crippen LogP contribution in [0, 0.1) is 5.41 Å². The molecule has 0 spiro atoms. The van der Waals surface area contributed by atoms with Crippen LogP contribution >= 0.6 is 11.3 Å². The van der Waals surface area contributed by atoms with E-state index in [1.165, 1.54) is 17.7 Å². The maximum atomic E-state index is 12.2. The second kappa shape index (κ2) is 10.7. The van der Waals surface area contributed by atoms with E-state index in [2.05, 4.69) is 35.6 Å². The molecule has 5 heterocycles. The fourth-order valence-electron chi connectivity index (χ4n) is 5.30. The number of nitrogens with zero attached hydrogens (tertiary/aromatic N) is 6. The molecule has 6 rings (SSSR count). The molecule has 1 aromatic carbocycles. The lowest BCUT2D eigenvalue weighted by molar-refractivity contribution is -0.150. The first-order valence-electron chi connectivity index (χ1n) is 13.5. The van der Waals surface area contributed by atoms with Gasteiger partial charge >= 0.3 is 12.0 Å². The van der Waals surface area contributed by atoms with Gasteiger partial charge in [0.15, 0.2) is 5.13 Å². The average Bonchev–Trinajstić information content (AvgIpc) is 3.63. The first-order valence-corrected chi connectivity index (χ1v) is 14.3. The highest BCUT2D eigenvalue weighted by Crippen LogP contribution is 2.40. The van der Waals surface area contributed by atoms with Gasteiger partial charge in [-0.1, -0.05) is 18.3 Å². The van der Waals surface area contributed by atoms with E-state index >= 15 is 0 Å². The number of hydrogen-bond donors (Lipinski definition) is 4. The minimum atomic E-state index is -0.728. The Labute approximate surface area is 239 Å². The number of H-pyrrole nitrogens is 1. The number of aliphatic carboxylic acids is 1. The van der Waals surface area contributed by atoms with Crippen LogP contribution in [-0.4, -0.2) is 66.6 Å². The van der Waals surface area contributed by atoms with Crippen molar-refractivity contribution in [2.45, 2.75) is 33.1 Å². The summed E-state index contributed by atoms with van der Waals surface area (Å²) in [5, 5.41) is 16.6. The lowest BCUT2D eigenvalue weighted by Crippen LogP contribution is -2.44. The molecule has 0 aliphatic carbocycles. The molecule has 2 amide bonds. The van der Waals surface area contributed by atoms with Crippen molar-refractivity contribution < 1.29 is 14.7 Å². The lowest BCUT2D eigenvalue weighted by atomic mass is 9.76. The monoisotopic (exact) mass is 571 g/mol. The summed E-state index contributed by atoms with van der Waals surface area (Å²) in [6.45, 7) is 5.48. The van der Waals surface area contributed by atoms with Crippen molar-refractivity contribution in [3.63, 3.8) is 0 Å². The van der Waals surface area contributed by atoms with E-state index < -0.39 is 11.4 Å². The van der Waals surface area contributed by atoms with E-state index in [4.69, 9.17) is 4.98 Å². The number of hydrogen-bond acceptors (Lipinski definition) is 9. The van der Waals surface area contributed by atoms with Crippen LogP contribution in [0.15, 0.2) is 43.1 Å². The standard InChI is InChI=1S/C28H29N9O3S/c1-3-28(24(38)39)6-9-37(10-7-28)25-31-13-17(14-32-25)16-11-19(21-18-5-8-30-23(18)34-15-33-21)22-20(12-16)35-27(41-22)36-26(40)29-4-2/h5,8,11-15H,3-4,6-7,9-10H2,1-2H3,(H,38,39)(H,30,33,34)(H2,29,35,36,40). The molecule has 1 fully saturated rings. The number of aromatic amines is 1. The average molecular weight is 572 g/mol. The molecule has 13 heteroatoms. The molecule has 4 N–H and O–H groups in total. The second-order valence-corrected chi connectivity index (χ2v) is 11.0. The molecule has 5 aromatic rings. The number of carbonyl (C=O) groups excluding carboxylic acids is 1. The Hall–Kier alpha value is -4.65. The Kier molecular flexibility index (Phi) is 6.95. The third-order valence-electron chi connectivity index (χ3n) is 7.76. The maximum Gasteiger partial charge on any atom is 0.321 e. The number of urea groups is 1. The van der Waals surface area contributed by atoms with Crippen molar-refractivity contribution in [3.05, 3.63) is 43.1 Å². The number of piperidine rings is 1. The zero-order valence-corrected chi connectivity index (χ0v) is 23.5. The number of anilines is 2. The SMILES string of the molecule is CCNC(=O)Nc1nc2cc(-c3cnc(N4CCC(CC)(C(=O)O)CC4)nc3)cc(-c3ncnc4[nH]ccc34)c2s1. The van der Waals surface area contributed by atoms with E-state index in [0.717, 1.165) is 38.1 Å². The van der Waals surface area contributed by atoms with Gasteiger partial charge in [0, 0.05) is 54.7 Å². The molecular weight excluding hydrogens is 542 g/mol. The van der Waals surface area contributed by atoms with Crippen molar-refractivity contribution in [3.8, 4) is 22.4 Å². The summed E-state index contributed by atoms with van der Waals surface area (Å²) < 4.78 is 0.880. The molecule has 1 aliphatic heterocycles. The van der Waals surface area contributed by atoms with E-state index in [9.17, 15) is 14.7 Å². The second-order valence-electron chi connectivity index (χ2n) is 10.0. The zero-order chi connectivity index (χ0) is 28.6. The molecule has 41 heavy (non-hydrogen) atoms. The fourth-order valence-corrected chi connectivity index (χ4v) is 6.26. The Balaban J connectivity index is 1.36. The van der Waals surface area contributed by atoms with Crippen LogP contribution in [0.5, 0.6) is 0 Å². The molecule has 12 nitrogen and oxygen atoms in total. The Morgan fingerprint density at radius 3 is 2.59 bits per heavy atom. The van der Waals surface area contributed by atoms with Gasteiger partial charge in [0.1, 0.15) is 12.0 Å². The number of nitrogens with one attached hydrogen (secondary N) is 3. The van der Waals surface area contributed by atoms with Gasteiger partial charge in [-0.15, -0.1) is 0 Å². The first-order chi connectivity index (χ1) is 19.9. The Bertz CT molecular complexity index is 1740. The maximum absolute atomic E-state index is 12.2. The highest BCUT2D eigenvalue weighted by Gasteiger charge is 2.40. The van der Waals surface area contributed by atoms with Crippen LogP contribution in [0.25, 0.3) is 43.6 Å². The van der Waals surface area contributed by atoms with Crippen LogP contribution in [0.3, 0.4) is 0 Å². The van der Waals surface area contributed by atoms with Crippen molar-refractivity contribution >= 4 is 55.7 Å². The largest absolute Gasteiger partial charge is 0.481 e. The van der Waals surface area contributed by atoms with Crippen LogP contribution < -0.4 is 15.5 Å². The van der Waals surface area contributed by atoms with Crippen LogP contribution in [0.4, 0.5) is 15.9 Å². The number of fused-ring (bicyclic) bond motifs is 2. The number of aromatic nitrogens is 6. The Morgan fingerprint density at radius 2 is 1.88 bits per heavy atom. The summed E-state index contributed by atoms with van der Waals surface area (Å²) in [5.41, 5.74) is 4.02. The highest BCUT2D eigenvalue weighted by molar-refractivity contribution is 7.22. The topological polar surface area (TPSA) is 162 Å². The van der Waals surface area contributed by atoms with Gasteiger partial charge < -0.3 is 20.3 Å². The predicted octanol–water partition coefficient (Wildman–Crippen LogP) is 4.91. The molecule has 0 atom stereocenters. The molecule has 0 unspecified atom stereocenters. The third kappa shape index (κ3) is 4.92. The number of thiazole rings is 1. The summed E-state index contributed by atoms with van der Waals surface area (Å²) >= 11 is 1.38. The van der Waals surface area contributed by atoms with E-state index in [1.807, 2.05) is 43.1 Å². The summed E-state index contributed by atoms with van der Waals surface area (Å²) in [6, 6.07) is 5.61. The Morgan fingerprint density at radius 1 is 1.10 bits per heavy atom. The minimum absolute atomic E-state index is 0.315. The van der Waals surface area contributed by atoms with Gasteiger partial charge in [-0.2, -0.15) is 0 Å². The van der Waals surface area contributed by atoms with E-state index in [0.29, 0.717) is 55.5 Å².